The molecule has 2 N–H and O–H groups in total. The van der Waals surface area contributed by atoms with E-state index in [4.69, 9.17) is 10.5 Å². The normalized spacial score (nSPS) is 24.4. The topological polar surface area (TPSA) is 38.5 Å². The number of hydrogen-bond donors (Lipinski definition) is 1. The Morgan fingerprint density at radius 3 is 2.89 bits per heavy atom. The number of likely N-dealkylation sites (tertiary alicyclic amines) is 1. The third-order valence-corrected chi connectivity index (χ3v) is 3.74. The van der Waals surface area contributed by atoms with Crippen LogP contribution in [0, 0.1) is 11.7 Å². The summed E-state index contributed by atoms with van der Waals surface area (Å²) in [6.45, 7) is 4.62. The largest absolute Gasteiger partial charge is 0.496 e. The van der Waals surface area contributed by atoms with E-state index in [1.165, 1.54) is 6.07 Å². The van der Waals surface area contributed by atoms with Crippen molar-refractivity contribution >= 4 is 0 Å². The molecule has 3 nitrogen and oxygen atoms in total. The molecule has 2 rings (SSSR count). The molecular formula is C14H21FN2O. The maximum absolute atomic E-state index is 13.3. The van der Waals surface area contributed by atoms with Gasteiger partial charge in [-0.05, 0) is 44.0 Å². The lowest BCUT2D eigenvalue weighted by molar-refractivity contribution is 0.251. The predicted molar refractivity (Wildman–Crippen MR) is 70.0 cm³/mol. The van der Waals surface area contributed by atoms with E-state index in [1.54, 1.807) is 19.2 Å². The van der Waals surface area contributed by atoms with Crippen LogP contribution in [0.5, 0.6) is 5.75 Å². The van der Waals surface area contributed by atoms with Crippen LogP contribution in [-0.4, -0.2) is 31.1 Å². The smallest absolute Gasteiger partial charge is 0.123 e. The molecule has 0 saturated carbocycles. The minimum atomic E-state index is -0.215. The van der Waals surface area contributed by atoms with Crippen LogP contribution in [0.1, 0.15) is 18.9 Å². The Balaban J connectivity index is 2.11. The summed E-state index contributed by atoms with van der Waals surface area (Å²) in [4.78, 5) is 2.34. The van der Waals surface area contributed by atoms with Crippen molar-refractivity contribution in [3.05, 3.63) is 29.6 Å². The zero-order valence-corrected chi connectivity index (χ0v) is 11.0. The van der Waals surface area contributed by atoms with Crippen LogP contribution in [-0.2, 0) is 6.54 Å². The second-order valence-corrected chi connectivity index (χ2v) is 5.07. The number of halogens is 1. The molecule has 1 heterocycles. The van der Waals surface area contributed by atoms with Crippen molar-refractivity contribution in [2.24, 2.45) is 11.7 Å². The summed E-state index contributed by atoms with van der Waals surface area (Å²) in [7, 11) is 1.62. The number of hydrogen-bond acceptors (Lipinski definition) is 3. The van der Waals surface area contributed by atoms with Gasteiger partial charge in [-0.3, -0.25) is 4.90 Å². The first-order chi connectivity index (χ1) is 8.63. The summed E-state index contributed by atoms with van der Waals surface area (Å²) >= 11 is 0. The van der Waals surface area contributed by atoms with Gasteiger partial charge in [0.15, 0.2) is 0 Å². The fourth-order valence-corrected chi connectivity index (χ4v) is 2.70. The lowest BCUT2D eigenvalue weighted by Gasteiger charge is -2.22. The Hall–Kier alpha value is -1.13. The molecule has 1 aliphatic heterocycles. The van der Waals surface area contributed by atoms with Gasteiger partial charge < -0.3 is 10.5 Å². The number of ether oxygens (including phenoxy) is 1. The first-order valence-electron chi connectivity index (χ1n) is 6.40. The first kappa shape index (κ1) is 13.3. The van der Waals surface area contributed by atoms with Crippen LogP contribution in [0.15, 0.2) is 18.2 Å². The van der Waals surface area contributed by atoms with Gasteiger partial charge >= 0.3 is 0 Å². The highest BCUT2D eigenvalue weighted by Gasteiger charge is 2.28. The van der Waals surface area contributed by atoms with Gasteiger partial charge in [-0.25, -0.2) is 4.39 Å². The number of methoxy groups -OCH3 is 1. The number of nitrogens with zero attached hydrogens (tertiary/aromatic N) is 1. The molecule has 0 amide bonds. The Morgan fingerprint density at radius 2 is 2.28 bits per heavy atom. The third-order valence-electron chi connectivity index (χ3n) is 3.74. The molecule has 1 aromatic rings. The molecule has 1 aliphatic rings. The van der Waals surface area contributed by atoms with Gasteiger partial charge in [0.25, 0.3) is 0 Å². The van der Waals surface area contributed by atoms with E-state index in [0.717, 1.165) is 37.4 Å². The van der Waals surface area contributed by atoms with Gasteiger partial charge in [0.1, 0.15) is 11.6 Å². The second-order valence-electron chi connectivity index (χ2n) is 5.07. The van der Waals surface area contributed by atoms with E-state index in [9.17, 15) is 4.39 Å². The maximum atomic E-state index is 13.3. The van der Waals surface area contributed by atoms with Crippen LogP contribution in [0.25, 0.3) is 0 Å². The average molecular weight is 252 g/mol. The minimum Gasteiger partial charge on any atom is -0.496 e. The monoisotopic (exact) mass is 252 g/mol. The maximum Gasteiger partial charge on any atom is 0.123 e. The number of nitrogens with two attached hydrogens (primary N) is 1. The van der Waals surface area contributed by atoms with E-state index in [0.29, 0.717) is 12.0 Å². The fraction of sp³-hybridized carbons (Fsp3) is 0.571. The Kier molecular flexibility index (Phi) is 4.19. The van der Waals surface area contributed by atoms with Gasteiger partial charge in [-0.1, -0.05) is 0 Å². The molecule has 1 fully saturated rings. The van der Waals surface area contributed by atoms with Crippen molar-refractivity contribution in [1.29, 1.82) is 0 Å². The Labute approximate surface area is 108 Å². The van der Waals surface area contributed by atoms with Crippen LogP contribution in [0.4, 0.5) is 4.39 Å². The van der Waals surface area contributed by atoms with Crippen molar-refractivity contribution in [2.45, 2.75) is 25.9 Å². The molecule has 2 atom stereocenters. The molecule has 100 valence electrons. The molecule has 0 aliphatic carbocycles. The highest BCUT2D eigenvalue weighted by Crippen LogP contribution is 2.27. The molecule has 1 saturated heterocycles. The van der Waals surface area contributed by atoms with Gasteiger partial charge in [-0.2, -0.15) is 0 Å². The van der Waals surface area contributed by atoms with Crippen molar-refractivity contribution in [2.75, 3.05) is 20.2 Å². The minimum absolute atomic E-state index is 0.215. The lowest BCUT2D eigenvalue weighted by Crippen LogP contribution is -2.27. The molecule has 0 bridgehead atoms. The SMILES string of the molecule is COc1ccc(F)cc1CN1CC(CN)CC1C. The molecule has 18 heavy (non-hydrogen) atoms. The third kappa shape index (κ3) is 2.82. The van der Waals surface area contributed by atoms with Gasteiger partial charge in [0.2, 0.25) is 0 Å². The molecular weight excluding hydrogens is 231 g/mol. The van der Waals surface area contributed by atoms with Crippen molar-refractivity contribution in [3.63, 3.8) is 0 Å². The zero-order valence-electron chi connectivity index (χ0n) is 11.0. The molecule has 4 heteroatoms. The average Bonchev–Trinajstić information content (AvgIpc) is 2.71. The van der Waals surface area contributed by atoms with Crippen molar-refractivity contribution < 1.29 is 9.13 Å². The molecule has 0 aromatic heterocycles. The van der Waals surface area contributed by atoms with E-state index >= 15 is 0 Å². The summed E-state index contributed by atoms with van der Waals surface area (Å²) in [5.41, 5.74) is 6.63. The quantitative estimate of drug-likeness (QED) is 0.890. The summed E-state index contributed by atoms with van der Waals surface area (Å²) in [6, 6.07) is 5.16. The Bertz CT molecular complexity index is 411. The van der Waals surface area contributed by atoms with E-state index in [2.05, 4.69) is 11.8 Å². The highest BCUT2D eigenvalue weighted by molar-refractivity contribution is 5.34. The number of rotatable bonds is 4. The van der Waals surface area contributed by atoms with Crippen LogP contribution < -0.4 is 10.5 Å². The van der Waals surface area contributed by atoms with E-state index in [1.807, 2.05) is 0 Å². The van der Waals surface area contributed by atoms with E-state index < -0.39 is 0 Å². The standard InChI is InChI=1S/C14H21FN2O/c1-10-5-11(7-16)8-17(10)9-12-6-13(15)3-4-14(12)18-2/h3-4,6,10-11H,5,7-9,16H2,1-2H3. The zero-order chi connectivity index (χ0) is 13.1. The van der Waals surface area contributed by atoms with Gasteiger partial charge in [0.05, 0.1) is 7.11 Å². The summed E-state index contributed by atoms with van der Waals surface area (Å²) < 4.78 is 18.6. The van der Waals surface area contributed by atoms with Gasteiger partial charge in [-0.15, -0.1) is 0 Å². The molecule has 1 aromatic carbocycles. The lowest BCUT2D eigenvalue weighted by atomic mass is 10.1. The first-order valence-corrected chi connectivity index (χ1v) is 6.40. The summed E-state index contributed by atoms with van der Waals surface area (Å²) in [6.07, 6.45) is 1.12. The van der Waals surface area contributed by atoms with Crippen LogP contribution in [0.2, 0.25) is 0 Å². The predicted octanol–water partition coefficient (Wildman–Crippen LogP) is 2.00. The van der Waals surface area contributed by atoms with Crippen molar-refractivity contribution in [1.82, 2.24) is 4.90 Å². The highest BCUT2D eigenvalue weighted by atomic mass is 19.1. The number of benzene rings is 1. The van der Waals surface area contributed by atoms with Gasteiger partial charge in [0, 0.05) is 24.7 Å². The van der Waals surface area contributed by atoms with Crippen LogP contribution >= 0.6 is 0 Å². The van der Waals surface area contributed by atoms with Crippen LogP contribution in [0.3, 0.4) is 0 Å². The molecule has 2 unspecified atom stereocenters. The molecule has 0 spiro atoms. The van der Waals surface area contributed by atoms with E-state index in [-0.39, 0.29) is 5.82 Å². The summed E-state index contributed by atoms with van der Waals surface area (Å²) in [5.74, 6) is 1.09. The molecule has 0 radical (unpaired) electrons. The summed E-state index contributed by atoms with van der Waals surface area (Å²) in [5, 5.41) is 0. The Morgan fingerprint density at radius 1 is 1.50 bits per heavy atom. The second kappa shape index (κ2) is 5.67. The fourth-order valence-electron chi connectivity index (χ4n) is 2.70. The van der Waals surface area contributed by atoms with Crippen molar-refractivity contribution in [3.8, 4) is 5.75 Å².